The second-order valence-electron chi connectivity index (χ2n) is 4.83. The fraction of sp³-hybridized carbons (Fsp3) is 0.125. The van der Waals surface area contributed by atoms with Crippen LogP contribution >= 0.6 is 22.7 Å². The highest BCUT2D eigenvalue weighted by Gasteiger charge is 2.15. The van der Waals surface area contributed by atoms with Gasteiger partial charge in [-0.3, -0.25) is 0 Å². The third kappa shape index (κ3) is 2.64. The van der Waals surface area contributed by atoms with Gasteiger partial charge in [-0.2, -0.15) is 4.36 Å². The molecule has 0 atom stereocenters. The van der Waals surface area contributed by atoms with Crippen LogP contribution in [0.1, 0.15) is 9.75 Å². The zero-order chi connectivity index (χ0) is 15.0. The van der Waals surface area contributed by atoms with Crippen molar-refractivity contribution in [3.8, 4) is 20.9 Å². The third-order valence-electron chi connectivity index (χ3n) is 3.32. The smallest absolute Gasteiger partial charge is 0.109 e. The minimum Gasteiger partial charge on any atom is -0.396 e. The Kier molecular flexibility index (Phi) is 3.89. The first-order valence-electron chi connectivity index (χ1n) is 6.49. The molecule has 0 aliphatic rings. The van der Waals surface area contributed by atoms with Crippen molar-refractivity contribution in [1.82, 2.24) is 0 Å². The molecule has 0 fully saturated rings. The van der Waals surface area contributed by atoms with Crippen molar-refractivity contribution < 1.29 is 0 Å². The van der Waals surface area contributed by atoms with Crippen molar-refractivity contribution >= 4 is 46.5 Å². The van der Waals surface area contributed by atoms with Gasteiger partial charge < -0.3 is 5.73 Å². The van der Waals surface area contributed by atoms with Gasteiger partial charge >= 0.3 is 0 Å². The molecule has 0 radical (unpaired) electrons. The summed E-state index contributed by atoms with van der Waals surface area (Å²) in [4.78, 5) is 4.83. The van der Waals surface area contributed by atoms with Gasteiger partial charge in [-0.25, -0.2) is 0 Å². The SMILES string of the molecule is Cc1ccc(-c2ccc(-c3ccc(C)s3)c(N=S)c2N)s1. The van der Waals surface area contributed by atoms with Crippen LogP contribution in [0.3, 0.4) is 0 Å². The van der Waals surface area contributed by atoms with E-state index in [9.17, 15) is 0 Å². The van der Waals surface area contributed by atoms with Gasteiger partial charge in [0.25, 0.3) is 0 Å². The fourth-order valence-corrected chi connectivity index (χ4v) is 4.28. The van der Waals surface area contributed by atoms with E-state index in [1.165, 1.54) is 9.75 Å². The van der Waals surface area contributed by atoms with E-state index in [-0.39, 0.29) is 0 Å². The maximum absolute atomic E-state index is 6.33. The molecule has 0 saturated carbocycles. The average molecular weight is 331 g/mol. The van der Waals surface area contributed by atoms with Crippen molar-refractivity contribution in [3.05, 3.63) is 46.2 Å². The van der Waals surface area contributed by atoms with Gasteiger partial charge in [0, 0.05) is 43.1 Å². The Balaban J connectivity index is 2.18. The van der Waals surface area contributed by atoms with Crippen molar-refractivity contribution in [1.29, 1.82) is 0 Å². The molecule has 0 aliphatic heterocycles. The number of hydrogen-bond acceptors (Lipinski definition) is 5. The van der Waals surface area contributed by atoms with E-state index in [1.54, 1.807) is 22.7 Å². The molecule has 5 heteroatoms. The lowest BCUT2D eigenvalue weighted by Crippen LogP contribution is -1.91. The first-order valence-corrected chi connectivity index (χ1v) is 8.49. The summed E-state index contributed by atoms with van der Waals surface area (Å²) < 4.78 is 4.02. The van der Waals surface area contributed by atoms with Crippen LogP contribution in [0.25, 0.3) is 20.9 Å². The summed E-state index contributed by atoms with van der Waals surface area (Å²) in [6, 6.07) is 12.5. The summed E-state index contributed by atoms with van der Waals surface area (Å²) >= 11 is 8.42. The fourth-order valence-electron chi connectivity index (χ4n) is 2.28. The highest BCUT2D eigenvalue weighted by Crippen LogP contribution is 2.44. The Bertz CT molecular complexity index is 815. The highest BCUT2D eigenvalue weighted by molar-refractivity contribution is 7.47. The first kappa shape index (κ1) is 14.4. The molecule has 2 aromatic heterocycles. The molecule has 3 rings (SSSR count). The second-order valence-corrected chi connectivity index (χ2v) is 7.59. The monoisotopic (exact) mass is 330 g/mol. The molecule has 2 heterocycles. The van der Waals surface area contributed by atoms with E-state index in [0.717, 1.165) is 20.9 Å². The predicted molar refractivity (Wildman–Crippen MR) is 96.4 cm³/mol. The zero-order valence-electron chi connectivity index (χ0n) is 11.7. The van der Waals surface area contributed by atoms with Crippen LogP contribution in [-0.4, -0.2) is 0 Å². The number of benzene rings is 1. The van der Waals surface area contributed by atoms with Crippen molar-refractivity contribution in [2.45, 2.75) is 13.8 Å². The Morgan fingerprint density at radius 3 is 1.86 bits per heavy atom. The Morgan fingerprint density at radius 2 is 1.38 bits per heavy atom. The number of nitrogen functional groups attached to an aromatic ring is 1. The van der Waals surface area contributed by atoms with Crippen LogP contribution in [-0.2, 0) is 12.4 Å². The predicted octanol–water partition coefficient (Wildman–Crippen LogP) is 5.70. The van der Waals surface area contributed by atoms with Gasteiger partial charge in [0.15, 0.2) is 0 Å². The van der Waals surface area contributed by atoms with Crippen LogP contribution < -0.4 is 5.73 Å². The summed E-state index contributed by atoms with van der Waals surface area (Å²) in [5, 5.41) is 0. The van der Waals surface area contributed by atoms with E-state index < -0.39 is 0 Å². The van der Waals surface area contributed by atoms with Crippen LogP contribution in [0.5, 0.6) is 0 Å². The maximum Gasteiger partial charge on any atom is 0.109 e. The Labute approximate surface area is 137 Å². The molecule has 2 nitrogen and oxygen atoms in total. The molecule has 0 spiro atoms. The molecule has 1 aromatic carbocycles. The normalized spacial score (nSPS) is 10.8. The minimum absolute atomic E-state index is 0.662. The van der Waals surface area contributed by atoms with Crippen LogP contribution in [0.4, 0.5) is 11.4 Å². The Hall–Kier alpha value is -1.56. The minimum atomic E-state index is 0.662. The summed E-state index contributed by atoms with van der Waals surface area (Å²) in [6.07, 6.45) is 0. The van der Waals surface area contributed by atoms with Crippen LogP contribution in [0, 0.1) is 13.8 Å². The molecule has 106 valence electrons. The van der Waals surface area contributed by atoms with E-state index in [0.29, 0.717) is 11.4 Å². The summed E-state index contributed by atoms with van der Waals surface area (Å²) in [5.74, 6) is 0. The van der Waals surface area contributed by atoms with E-state index in [4.69, 9.17) is 18.2 Å². The molecule has 21 heavy (non-hydrogen) atoms. The molecule has 0 aliphatic carbocycles. The molecular weight excluding hydrogens is 316 g/mol. The average Bonchev–Trinajstić information content (AvgIpc) is 3.07. The van der Waals surface area contributed by atoms with E-state index in [2.05, 4.69) is 54.6 Å². The molecular formula is C16H14N2S3. The third-order valence-corrected chi connectivity index (χ3v) is 5.57. The lowest BCUT2D eigenvalue weighted by Gasteiger charge is -2.10. The van der Waals surface area contributed by atoms with Crippen molar-refractivity contribution in [2.24, 2.45) is 4.36 Å². The van der Waals surface area contributed by atoms with Crippen LogP contribution in [0.15, 0.2) is 40.8 Å². The number of rotatable bonds is 3. The standard InChI is InChI=1S/C16H14N2S3/c1-9-3-7-13(20-9)11-5-6-12(16(18-19)15(11)17)14-8-4-10(2)21-14/h3-8H,17H2,1-2H3. The van der Waals surface area contributed by atoms with Gasteiger partial charge in [-0.15, -0.1) is 22.7 Å². The van der Waals surface area contributed by atoms with Gasteiger partial charge in [0.05, 0.1) is 5.69 Å². The van der Waals surface area contributed by atoms with Crippen molar-refractivity contribution in [3.63, 3.8) is 0 Å². The number of thiophene rings is 2. The summed E-state index contributed by atoms with van der Waals surface area (Å²) in [5.41, 5.74) is 9.72. The molecule has 3 aromatic rings. The molecule has 0 bridgehead atoms. The number of aryl methyl sites for hydroxylation is 2. The number of nitrogens with zero attached hydrogens (tertiary/aromatic N) is 1. The highest BCUT2D eigenvalue weighted by atomic mass is 32.1. The molecule has 0 unspecified atom stereocenters. The topological polar surface area (TPSA) is 38.4 Å². The lowest BCUT2D eigenvalue weighted by atomic mass is 10.0. The molecule has 0 amide bonds. The second kappa shape index (κ2) is 5.67. The van der Waals surface area contributed by atoms with Crippen LogP contribution in [0.2, 0.25) is 0 Å². The lowest BCUT2D eigenvalue weighted by molar-refractivity contribution is 1.56. The number of nitrogens with two attached hydrogens (primary N) is 1. The van der Waals surface area contributed by atoms with Gasteiger partial charge in [0.1, 0.15) is 5.69 Å². The summed E-state index contributed by atoms with van der Waals surface area (Å²) in [6.45, 7) is 4.18. The first-order chi connectivity index (χ1) is 10.1. The summed E-state index contributed by atoms with van der Waals surface area (Å²) in [7, 11) is 0. The number of anilines is 1. The largest absolute Gasteiger partial charge is 0.396 e. The van der Waals surface area contributed by atoms with Gasteiger partial charge in [-0.1, -0.05) is 12.1 Å². The number of hydrogen-bond donors (Lipinski definition) is 1. The zero-order valence-corrected chi connectivity index (χ0v) is 14.2. The maximum atomic E-state index is 6.33. The van der Waals surface area contributed by atoms with Gasteiger partial charge in [0.2, 0.25) is 0 Å². The quantitative estimate of drug-likeness (QED) is 0.625. The van der Waals surface area contributed by atoms with E-state index >= 15 is 0 Å². The molecule has 0 saturated heterocycles. The molecule has 2 N–H and O–H groups in total. The van der Waals surface area contributed by atoms with Crippen molar-refractivity contribution in [2.75, 3.05) is 5.73 Å². The van der Waals surface area contributed by atoms with Gasteiger partial charge in [-0.05, 0) is 38.1 Å². The Morgan fingerprint density at radius 1 is 0.857 bits per heavy atom. The van der Waals surface area contributed by atoms with E-state index in [1.807, 2.05) is 0 Å².